The third-order valence-corrected chi connectivity index (χ3v) is 5.88. The Kier molecular flexibility index (Phi) is 8.33. The van der Waals surface area contributed by atoms with E-state index in [9.17, 15) is 9.59 Å². The number of hydrogen-bond acceptors (Lipinski definition) is 3. The highest BCUT2D eigenvalue weighted by Gasteiger charge is 2.37. The van der Waals surface area contributed by atoms with E-state index in [4.69, 9.17) is 6.57 Å². The second-order valence-electron chi connectivity index (χ2n) is 11.6. The highest BCUT2D eigenvalue weighted by atomic mass is 16.2. The van der Waals surface area contributed by atoms with Crippen molar-refractivity contribution >= 4 is 11.8 Å². The number of likely N-dealkylation sites (tertiary alicyclic amines) is 3. The van der Waals surface area contributed by atoms with Crippen LogP contribution < -0.4 is 0 Å². The third kappa shape index (κ3) is 7.91. The molecule has 0 atom stereocenters. The first-order valence-electron chi connectivity index (χ1n) is 11.5. The topological polar surface area (TPSA) is 48.2 Å². The monoisotopic (exact) mass is 418 g/mol. The van der Waals surface area contributed by atoms with Crippen LogP contribution in [0.3, 0.4) is 0 Å². The van der Waals surface area contributed by atoms with Crippen molar-refractivity contribution in [3.05, 3.63) is 11.4 Å². The van der Waals surface area contributed by atoms with Crippen LogP contribution in [-0.4, -0.2) is 77.9 Å². The maximum Gasteiger partial charge on any atom is 0.258 e. The number of carbonyl (C=O) groups excluding carboxylic acids is 2. The molecule has 0 aromatic rings. The van der Waals surface area contributed by atoms with Crippen molar-refractivity contribution in [2.75, 3.05) is 39.3 Å². The molecule has 0 aromatic heterocycles. The molecular formula is C24H42N4O2. The maximum atomic E-state index is 12.0. The van der Waals surface area contributed by atoms with Gasteiger partial charge in [0, 0.05) is 32.0 Å². The van der Waals surface area contributed by atoms with Gasteiger partial charge in [0.2, 0.25) is 11.8 Å². The summed E-state index contributed by atoms with van der Waals surface area (Å²) < 4.78 is 0. The van der Waals surface area contributed by atoms with Crippen LogP contribution in [0, 0.1) is 17.4 Å². The van der Waals surface area contributed by atoms with Crippen molar-refractivity contribution in [2.24, 2.45) is 10.8 Å². The van der Waals surface area contributed by atoms with E-state index in [-0.39, 0.29) is 22.8 Å². The highest BCUT2D eigenvalue weighted by molar-refractivity contribution is 5.78. The number of hydrogen-bond donors (Lipinski definition) is 0. The van der Waals surface area contributed by atoms with Gasteiger partial charge < -0.3 is 14.6 Å². The molecule has 0 aliphatic carbocycles. The molecule has 2 amide bonds. The van der Waals surface area contributed by atoms with Crippen LogP contribution in [-0.2, 0) is 9.59 Å². The van der Waals surface area contributed by atoms with E-state index in [0.29, 0.717) is 37.9 Å². The number of carbonyl (C=O) groups is 2. The minimum Gasteiger partial charge on any atom is -0.339 e. The van der Waals surface area contributed by atoms with E-state index in [0.717, 1.165) is 13.1 Å². The molecule has 6 heteroatoms. The Morgan fingerprint density at radius 1 is 0.800 bits per heavy atom. The molecule has 3 aliphatic rings. The fourth-order valence-electron chi connectivity index (χ4n) is 4.04. The Bertz CT molecular complexity index is 623. The molecule has 0 bridgehead atoms. The maximum absolute atomic E-state index is 12.0. The van der Waals surface area contributed by atoms with Gasteiger partial charge in [-0.25, -0.2) is 6.57 Å². The smallest absolute Gasteiger partial charge is 0.258 e. The predicted molar refractivity (Wildman–Crippen MR) is 121 cm³/mol. The molecule has 0 saturated carbocycles. The fourth-order valence-corrected chi connectivity index (χ4v) is 4.04. The Hall–Kier alpha value is -1.61. The molecule has 6 nitrogen and oxygen atoms in total. The predicted octanol–water partition coefficient (Wildman–Crippen LogP) is 3.67. The molecule has 0 radical (unpaired) electrons. The van der Waals surface area contributed by atoms with Gasteiger partial charge in [-0.15, -0.1) is 0 Å². The largest absolute Gasteiger partial charge is 0.339 e. The number of rotatable bonds is 3. The lowest BCUT2D eigenvalue weighted by Gasteiger charge is -2.47. The zero-order valence-corrected chi connectivity index (χ0v) is 20.0. The normalized spacial score (nSPS) is 21.1. The molecule has 3 fully saturated rings. The Balaban J connectivity index is 0.000000222. The fraction of sp³-hybridized carbons (Fsp3) is 0.875. The van der Waals surface area contributed by atoms with Gasteiger partial charge in [0.1, 0.15) is 0 Å². The lowest BCUT2D eigenvalue weighted by atomic mass is 9.90. The molecule has 3 heterocycles. The minimum absolute atomic E-state index is 0.0558. The molecule has 0 aromatic carbocycles. The number of nitrogens with zero attached hydrogens (tertiary/aromatic N) is 4. The van der Waals surface area contributed by atoms with Crippen LogP contribution in [0.25, 0.3) is 4.85 Å². The summed E-state index contributed by atoms with van der Waals surface area (Å²) >= 11 is 0. The van der Waals surface area contributed by atoms with E-state index in [1.807, 2.05) is 4.90 Å². The standard InChI is InChI=1S/C14H26N2O.C10H16N2O/c1-14(2,3)9-13(17)16-10-12(11-16)15-7-5-4-6-8-15;1-10(2,3)5-9(13)12-6-8(7-12)11-4/h12H,4-11H2,1-3H3;8H,5-7H2,1-3H3. The summed E-state index contributed by atoms with van der Waals surface area (Å²) in [6.07, 6.45) is 5.33. The van der Waals surface area contributed by atoms with Gasteiger partial charge in [0.25, 0.3) is 6.04 Å². The Morgan fingerprint density at radius 2 is 1.23 bits per heavy atom. The van der Waals surface area contributed by atoms with Gasteiger partial charge in [0.05, 0.1) is 13.1 Å². The molecule has 3 rings (SSSR count). The third-order valence-electron chi connectivity index (χ3n) is 5.88. The second-order valence-corrected chi connectivity index (χ2v) is 11.6. The lowest BCUT2D eigenvalue weighted by Crippen LogP contribution is -2.62. The molecule has 30 heavy (non-hydrogen) atoms. The van der Waals surface area contributed by atoms with Gasteiger partial charge in [-0.2, -0.15) is 0 Å². The Labute approximate surface area is 183 Å². The zero-order chi connectivity index (χ0) is 22.5. The van der Waals surface area contributed by atoms with Crippen molar-refractivity contribution in [3.8, 4) is 0 Å². The van der Waals surface area contributed by atoms with Gasteiger partial charge in [-0.05, 0) is 36.8 Å². The van der Waals surface area contributed by atoms with Crippen molar-refractivity contribution in [1.82, 2.24) is 14.7 Å². The SMILES string of the molecule is CC(C)(C)CC(=O)N1CC(N2CCCCC2)C1.[C-]#[N+]C1CN(C(=O)CC(C)(C)C)C1. The average Bonchev–Trinajstić information content (AvgIpc) is 2.50. The quantitative estimate of drug-likeness (QED) is 0.657. The van der Waals surface area contributed by atoms with Crippen molar-refractivity contribution in [1.29, 1.82) is 0 Å². The van der Waals surface area contributed by atoms with Crippen molar-refractivity contribution in [3.63, 3.8) is 0 Å². The zero-order valence-electron chi connectivity index (χ0n) is 20.0. The first-order chi connectivity index (χ1) is 13.9. The second kappa shape index (κ2) is 10.1. The van der Waals surface area contributed by atoms with Crippen LogP contribution in [0.4, 0.5) is 0 Å². The van der Waals surface area contributed by atoms with Gasteiger partial charge >= 0.3 is 0 Å². The Morgan fingerprint density at radius 3 is 1.63 bits per heavy atom. The van der Waals surface area contributed by atoms with Gasteiger partial charge in [-0.1, -0.05) is 48.0 Å². The van der Waals surface area contributed by atoms with Crippen molar-refractivity contribution in [2.45, 2.75) is 85.7 Å². The van der Waals surface area contributed by atoms with Crippen LogP contribution in [0.15, 0.2) is 0 Å². The van der Waals surface area contributed by atoms with E-state index in [2.05, 4.69) is 51.3 Å². The van der Waals surface area contributed by atoms with E-state index in [1.165, 1.54) is 32.4 Å². The van der Waals surface area contributed by atoms with E-state index in [1.54, 1.807) is 4.90 Å². The molecule has 0 N–H and O–H groups in total. The first kappa shape index (κ1) is 24.7. The molecule has 170 valence electrons. The lowest BCUT2D eigenvalue weighted by molar-refractivity contribution is -0.141. The molecule has 3 aliphatic heterocycles. The molecule has 3 saturated heterocycles. The van der Waals surface area contributed by atoms with Crippen molar-refractivity contribution < 1.29 is 9.59 Å². The van der Waals surface area contributed by atoms with Gasteiger partial charge in [0.15, 0.2) is 0 Å². The summed E-state index contributed by atoms with van der Waals surface area (Å²) in [6.45, 7) is 25.0. The van der Waals surface area contributed by atoms with Crippen LogP contribution in [0.5, 0.6) is 0 Å². The van der Waals surface area contributed by atoms with Crippen LogP contribution >= 0.6 is 0 Å². The molecule has 0 spiro atoms. The minimum atomic E-state index is 0.0558. The molecular weight excluding hydrogens is 376 g/mol. The summed E-state index contributed by atoms with van der Waals surface area (Å²) in [5, 5.41) is 0. The van der Waals surface area contributed by atoms with Gasteiger partial charge in [-0.3, -0.25) is 14.5 Å². The molecule has 0 unspecified atom stereocenters. The summed E-state index contributed by atoms with van der Waals surface area (Å²) in [4.78, 5) is 33.3. The van der Waals surface area contributed by atoms with Crippen LogP contribution in [0.2, 0.25) is 0 Å². The van der Waals surface area contributed by atoms with E-state index < -0.39 is 0 Å². The summed E-state index contributed by atoms with van der Waals surface area (Å²) in [5.74, 6) is 0.526. The van der Waals surface area contributed by atoms with Crippen LogP contribution in [0.1, 0.15) is 73.6 Å². The van der Waals surface area contributed by atoms with E-state index >= 15 is 0 Å². The summed E-state index contributed by atoms with van der Waals surface area (Å²) in [6, 6.07) is 0.711. The average molecular weight is 419 g/mol. The summed E-state index contributed by atoms with van der Waals surface area (Å²) in [7, 11) is 0. The highest BCUT2D eigenvalue weighted by Crippen LogP contribution is 2.25. The first-order valence-corrected chi connectivity index (χ1v) is 11.5. The number of piperidine rings is 1. The summed E-state index contributed by atoms with van der Waals surface area (Å²) in [5.41, 5.74) is 0.174. The number of amides is 2.